The zero-order valence-corrected chi connectivity index (χ0v) is 10.6. The minimum absolute atomic E-state index is 0.0296. The Kier molecular flexibility index (Phi) is 4.11. The quantitative estimate of drug-likeness (QED) is 0.653. The van der Waals surface area contributed by atoms with Crippen LogP contribution in [-0.4, -0.2) is 17.7 Å². The number of thioether (sulfide) groups is 1. The number of rotatable bonds is 3. The van der Waals surface area contributed by atoms with Gasteiger partial charge in [-0.15, -0.1) is 23.6 Å². The van der Waals surface area contributed by atoms with Crippen molar-refractivity contribution in [3.63, 3.8) is 0 Å². The Hall–Kier alpha value is -1.40. The van der Waals surface area contributed by atoms with Gasteiger partial charge in [0.15, 0.2) is 0 Å². The molecule has 2 nitrogen and oxygen atoms in total. The molecule has 2 rings (SSSR count). The van der Waals surface area contributed by atoms with E-state index in [1.165, 1.54) is 10.5 Å². The third kappa shape index (κ3) is 3.04. The molecule has 0 aliphatic carbocycles. The summed E-state index contributed by atoms with van der Waals surface area (Å²) in [5.74, 6) is 5.89. The lowest BCUT2D eigenvalue weighted by molar-refractivity contribution is -0.120. The zero-order valence-electron chi connectivity index (χ0n) is 9.82. The Bertz CT molecular complexity index is 448. The molecule has 1 heterocycles. The highest BCUT2D eigenvalue weighted by molar-refractivity contribution is 8.01. The van der Waals surface area contributed by atoms with Gasteiger partial charge in [0, 0.05) is 17.9 Å². The molecule has 1 atom stereocenters. The number of fused-ring (bicyclic) bond motifs is 1. The van der Waals surface area contributed by atoms with Gasteiger partial charge < -0.3 is 5.32 Å². The molecule has 1 aliphatic rings. The Balaban J connectivity index is 1.85. The Labute approximate surface area is 106 Å². The standard InChI is InChI=1S/C14H15NOS/c1-2-3-6-9-15-14(16)13-10-11-7-4-5-8-12(11)17-13/h4-5,7-8,13H,6,9-10H2,1H3,(H,15,16). The van der Waals surface area contributed by atoms with Crippen LogP contribution in [-0.2, 0) is 11.2 Å². The molecule has 17 heavy (non-hydrogen) atoms. The van der Waals surface area contributed by atoms with Crippen LogP contribution in [0.25, 0.3) is 0 Å². The van der Waals surface area contributed by atoms with Gasteiger partial charge in [-0.1, -0.05) is 18.2 Å². The molecule has 0 saturated carbocycles. The fourth-order valence-electron chi connectivity index (χ4n) is 1.82. The molecule has 0 saturated heterocycles. The lowest BCUT2D eigenvalue weighted by atomic mass is 10.1. The van der Waals surface area contributed by atoms with Crippen LogP contribution in [0.15, 0.2) is 29.2 Å². The first-order chi connectivity index (χ1) is 8.31. The molecule has 1 amide bonds. The van der Waals surface area contributed by atoms with Crippen molar-refractivity contribution in [1.82, 2.24) is 5.32 Å². The number of hydrogen-bond acceptors (Lipinski definition) is 2. The second kappa shape index (κ2) is 5.79. The largest absolute Gasteiger partial charge is 0.354 e. The summed E-state index contributed by atoms with van der Waals surface area (Å²) < 4.78 is 0. The van der Waals surface area contributed by atoms with E-state index in [9.17, 15) is 4.79 Å². The van der Waals surface area contributed by atoms with E-state index in [-0.39, 0.29) is 11.2 Å². The topological polar surface area (TPSA) is 29.1 Å². The van der Waals surface area contributed by atoms with Crippen LogP contribution < -0.4 is 5.32 Å². The molecule has 3 heteroatoms. The second-order valence-electron chi connectivity index (χ2n) is 3.89. The number of carbonyl (C=O) groups is 1. The number of amides is 1. The average Bonchev–Trinajstić information content (AvgIpc) is 2.78. The first-order valence-electron chi connectivity index (χ1n) is 5.73. The van der Waals surface area contributed by atoms with Crippen molar-refractivity contribution in [2.75, 3.05) is 6.54 Å². The minimum atomic E-state index is 0.0296. The van der Waals surface area contributed by atoms with Crippen LogP contribution in [0, 0.1) is 11.8 Å². The summed E-state index contributed by atoms with van der Waals surface area (Å²) in [6.45, 7) is 2.46. The number of hydrogen-bond donors (Lipinski definition) is 1. The maximum atomic E-state index is 11.9. The van der Waals surface area contributed by atoms with Gasteiger partial charge in [-0.2, -0.15) is 0 Å². The normalized spacial score (nSPS) is 16.9. The van der Waals surface area contributed by atoms with Crippen molar-refractivity contribution in [3.05, 3.63) is 29.8 Å². The van der Waals surface area contributed by atoms with Gasteiger partial charge in [-0.25, -0.2) is 0 Å². The lowest BCUT2D eigenvalue weighted by Gasteiger charge is -2.08. The minimum Gasteiger partial charge on any atom is -0.354 e. The summed E-state index contributed by atoms with van der Waals surface area (Å²) >= 11 is 1.66. The van der Waals surface area contributed by atoms with Gasteiger partial charge in [0.05, 0.1) is 5.25 Å². The molecular formula is C14H15NOS. The first kappa shape index (κ1) is 12.1. The Morgan fingerprint density at radius 2 is 2.35 bits per heavy atom. The van der Waals surface area contributed by atoms with E-state index in [0.29, 0.717) is 6.54 Å². The molecule has 1 N–H and O–H groups in total. The van der Waals surface area contributed by atoms with Crippen molar-refractivity contribution in [2.24, 2.45) is 0 Å². The van der Waals surface area contributed by atoms with Crippen LogP contribution >= 0.6 is 11.8 Å². The third-order valence-electron chi connectivity index (χ3n) is 2.67. The molecule has 0 fully saturated rings. The molecule has 1 aliphatic heterocycles. The summed E-state index contributed by atoms with van der Waals surface area (Å²) in [4.78, 5) is 13.1. The highest BCUT2D eigenvalue weighted by Gasteiger charge is 2.27. The van der Waals surface area contributed by atoms with Gasteiger partial charge in [-0.3, -0.25) is 4.79 Å². The van der Waals surface area contributed by atoms with E-state index >= 15 is 0 Å². The highest BCUT2D eigenvalue weighted by atomic mass is 32.2. The van der Waals surface area contributed by atoms with E-state index in [0.717, 1.165) is 12.8 Å². The van der Waals surface area contributed by atoms with Crippen molar-refractivity contribution in [1.29, 1.82) is 0 Å². The fraction of sp³-hybridized carbons (Fsp3) is 0.357. The average molecular weight is 245 g/mol. The number of carbonyl (C=O) groups excluding carboxylic acids is 1. The lowest BCUT2D eigenvalue weighted by Crippen LogP contribution is -2.32. The summed E-state index contributed by atoms with van der Waals surface area (Å²) in [5.41, 5.74) is 1.28. The number of benzene rings is 1. The fourth-order valence-corrected chi connectivity index (χ4v) is 3.04. The Morgan fingerprint density at radius 3 is 3.12 bits per heavy atom. The van der Waals surface area contributed by atoms with Gasteiger partial charge in [0.25, 0.3) is 0 Å². The molecule has 1 unspecified atom stereocenters. The molecule has 1 aromatic rings. The summed E-state index contributed by atoms with van der Waals surface area (Å²) in [6, 6.07) is 8.22. The third-order valence-corrected chi connectivity index (χ3v) is 3.98. The monoisotopic (exact) mass is 245 g/mol. The van der Waals surface area contributed by atoms with Gasteiger partial charge in [0.2, 0.25) is 5.91 Å². The summed E-state index contributed by atoms with van der Waals surface area (Å²) in [5, 5.41) is 2.96. The van der Waals surface area contributed by atoms with Crippen molar-refractivity contribution in [3.8, 4) is 11.8 Å². The van der Waals surface area contributed by atoms with Crippen LogP contribution in [0.1, 0.15) is 18.9 Å². The number of nitrogens with one attached hydrogen (secondary N) is 1. The van der Waals surface area contributed by atoms with E-state index in [2.05, 4.69) is 29.3 Å². The maximum absolute atomic E-state index is 11.9. The van der Waals surface area contributed by atoms with E-state index in [1.54, 1.807) is 11.8 Å². The summed E-state index contributed by atoms with van der Waals surface area (Å²) in [6.07, 6.45) is 1.57. The molecule has 0 spiro atoms. The van der Waals surface area contributed by atoms with Crippen LogP contribution in [0.4, 0.5) is 0 Å². The van der Waals surface area contributed by atoms with Crippen molar-refractivity contribution < 1.29 is 4.79 Å². The zero-order chi connectivity index (χ0) is 12.1. The molecule has 0 radical (unpaired) electrons. The van der Waals surface area contributed by atoms with Crippen LogP contribution in [0.2, 0.25) is 0 Å². The van der Waals surface area contributed by atoms with Crippen LogP contribution in [0.3, 0.4) is 0 Å². The van der Waals surface area contributed by atoms with Crippen LogP contribution in [0.5, 0.6) is 0 Å². The van der Waals surface area contributed by atoms with Gasteiger partial charge >= 0.3 is 0 Å². The molecule has 88 valence electrons. The smallest absolute Gasteiger partial charge is 0.233 e. The summed E-state index contributed by atoms with van der Waals surface area (Å²) in [7, 11) is 0. The predicted molar refractivity (Wildman–Crippen MR) is 70.9 cm³/mol. The molecular weight excluding hydrogens is 230 g/mol. The van der Waals surface area contributed by atoms with E-state index in [1.807, 2.05) is 19.1 Å². The van der Waals surface area contributed by atoms with E-state index in [4.69, 9.17) is 0 Å². The predicted octanol–water partition coefficient (Wildman–Crippen LogP) is 2.23. The van der Waals surface area contributed by atoms with Crippen molar-refractivity contribution >= 4 is 17.7 Å². The molecule has 1 aromatic carbocycles. The van der Waals surface area contributed by atoms with Gasteiger partial charge in [0.1, 0.15) is 0 Å². The maximum Gasteiger partial charge on any atom is 0.233 e. The first-order valence-corrected chi connectivity index (χ1v) is 6.61. The van der Waals surface area contributed by atoms with Crippen molar-refractivity contribution in [2.45, 2.75) is 29.9 Å². The molecule has 0 aromatic heterocycles. The highest BCUT2D eigenvalue weighted by Crippen LogP contribution is 2.36. The molecule has 0 bridgehead atoms. The van der Waals surface area contributed by atoms with Gasteiger partial charge in [-0.05, 0) is 25.0 Å². The SMILES string of the molecule is CC#CCCNC(=O)C1Cc2ccccc2S1. The second-order valence-corrected chi connectivity index (χ2v) is 5.13. The Morgan fingerprint density at radius 1 is 1.53 bits per heavy atom. The van der Waals surface area contributed by atoms with E-state index < -0.39 is 0 Å².